The van der Waals surface area contributed by atoms with Gasteiger partial charge in [-0.1, -0.05) is 19.1 Å². The molecule has 1 aromatic rings. The van der Waals surface area contributed by atoms with Gasteiger partial charge in [-0.2, -0.15) is 0 Å². The highest BCUT2D eigenvalue weighted by molar-refractivity contribution is 7.91. The average Bonchev–Trinajstić information content (AvgIpc) is 2.82. The normalized spacial score (nSPS) is 23.5. The van der Waals surface area contributed by atoms with E-state index in [0.29, 0.717) is 22.5 Å². The fourth-order valence-electron chi connectivity index (χ4n) is 2.59. The van der Waals surface area contributed by atoms with Crippen molar-refractivity contribution in [2.24, 2.45) is 11.7 Å². The molecule has 5 heteroatoms. The van der Waals surface area contributed by atoms with Crippen molar-refractivity contribution in [1.29, 1.82) is 0 Å². The first-order chi connectivity index (χ1) is 9.03. The number of benzene rings is 1. The zero-order chi connectivity index (χ0) is 13.9. The molecule has 4 nitrogen and oxygen atoms in total. The lowest BCUT2D eigenvalue weighted by atomic mass is 10.1. The number of hydrogen-bond donors (Lipinski definition) is 2. The fraction of sp³-hybridized carbons (Fsp3) is 0.571. The maximum absolute atomic E-state index is 12.0. The van der Waals surface area contributed by atoms with Gasteiger partial charge in [0.05, 0.1) is 16.3 Å². The number of nitrogens with one attached hydrogen (secondary N) is 1. The van der Waals surface area contributed by atoms with E-state index in [1.807, 2.05) is 12.1 Å². The van der Waals surface area contributed by atoms with Crippen LogP contribution in [0.25, 0.3) is 0 Å². The molecule has 106 valence electrons. The highest BCUT2D eigenvalue weighted by Crippen LogP contribution is 2.26. The van der Waals surface area contributed by atoms with Crippen LogP contribution in [0.3, 0.4) is 0 Å². The quantitative estimate of drug-likeness (QED) is 0.866. The second-order valence-electron chi connectivity index (χ2n) is 5.22. The highest BCUT2D eigenvalue weighted by Gasteiger charge is 2.22. The Morgan fingerprint density at radius 1 is 1.32 bits per heavy atom. The minimum Gasteiger partial charge on any atom is -0.384 e. The second-order valence-corrected chi connectivity index (χ2v) is 7.47. The third-order valence-electron chi connectivity index (χ3n) is 3.77. The lowest BCUT2D eigenvalue weighted by molar-refractivity contribution is 0.564. The van der Waals surface area contributed by atoms with Crippen molar-refractivity contribution in [2.45, 2.75) is 37.1 Å². The van der Waals surface area contributed by atoms with E-state index >= 15 is 0 Å². The molecule has 2 rings (SSSR count). The lowest BCUT2D eigenvalue weighted by Gasteiger charge is -2.15. The molecule has 1 aliphatic rings. The first-order valence-corrected chi connectivity index (χ1v) is 8.49. The van der Waals surface area contributed by atoms with Crippen LogP contribution in [0.4, 0.5) is 5.69 Å². The van der Waals surface area contributed by atoms with E-state index in [-0.39, 0.29) is 5.75 Å². The Morgan fingerprint density at radius 2 is 2.05 bits per heavy atom. The predicted molar refractivity (Wildman–Crippen MR) is 78.0 cm³/mol. The van der Waals surface area contributed by atoms with Gasteiger partial charge in [-0.15, -0.1) is 0 Å². The molecule has 0 heterocycles. The Morgan fingerprint density at radius 3 is 2.68 bits per heavy atom. The molecule has 1 saturated carbocycles. The molecular formula is C14H22N2O2S. The summed E-state index contributed by atoms with van der Waals surface area (Å²) in [5.41, 5.74) is 6.60. The van der Waals surface area contributed by atoms with E-state index in [4.69, 9.17) is 5.73 Å². The van der Waals surface area contributed by atoms with E-state index in [0.717, 1.165) is 25.8 Å². The summed E-state index contributed by atoms with van der Waals surface area (Å²) in [6.07, 6.45) is 3.22. The zero-order valence-corrected chi connectivity index (χ0v) is 12.1. The third kappa shape index (κ3) is 3.48. The summed E-state index contributed by atoms with van der Waals surface area (Å²) in [5, 5.41) is 3.28. The van der Waals surface area contributed by atoms with Gasteiger partial charge in [0.1, 0.15) is 0 Å². The minimum absolute atomic E-state index is 0.125. The SMILES string of the molecule is CCS(=O)(=O)c1ccccc1NCC1CCC(N)C1. The number of para-hydroxylation sites is 1. The molecule has 0 bridgehead atoms. The number of sulfone groups is 1. The maximum atomic E-state index is 12.0. The van der Waals surface area contributed by atoms with Crippen LogP contribution >= 0.6 is 0 Å². The Hall–Kier alpha value is -1.07. The van der Waals surface area contributed by atoms with E-state index in [2.05, 4.69) is 5.32 Å². The number of hydrogen-bond acceptors (Lipinski definition) is 4. The summed E-state index contributed by atoms with van der Waals surface area (Å²) < 4.78 is 24.0. The summed E-state index contributed by atoms with van der Waals surface area (Å²) >= 11 is 0. The first kappa shape index (κ1) is 14.3. The lowest BCUT2D eigenvalue weighted by Crippen LogP contribution is -2.18. The molecule has 0 aliphatic heterocycles. The Labute approximate surface area is 115 Å². The van der Waals surface area contributed by atoms with Gasteiger partial charge in [-0.05, 0) is 37.3 Å². The summed E-state index contributed by atoms with van der Waals surface area (Å²) in [6, 6.07) is 7.43. The Bertz CT molecular complexity index is 528. The van der Waals surface area contributed by atoms with Crippen LogP contribution in [-0.4, -0.2) is 26.8 Å². The standard InChI is InChI=1S/C14H22N2O2S/c1-2-19(17,18)14-6-4-3-5-13(14)16-10-11-7-8-12(15)9-11/h3-6,11-12,16H,2,7-10,15H2,1H3. The van der Waals surface area contributed by atoms with Crippen molar-refractivity contribution >= 4 is 15.5 Å². The van der Waals surface area contributed by atoms with Gasteiger partial charge in [0.25, 0.3) is 0 Å². The van der Waals surface area contributed by atoms with Crippen molar-refractivity contribution in [3.8, 4) is 0 Å². The van der Waals surface area contributed by atoms with Gasteiger partial charge in [-0.25, -0.2) is 8.42 Å². The molecule has 0 saturated heterocycles. The van der Waals surface area contributed by atoms with E-state index in [1.54, 1.807) is 19.1 Å². The van der Waals surface area contributed by atoms with Gasteiger partial charge in [0, 0.05) is 12.6 Å². The molecule has 19 heavy (non-hydrogen) atoms. The molecule has 0 amide bonds. The molecule has 1 aromatic carbocycles. The van der Waals surface area contributed by atoms with Crippen molar-refractivity contribution in [1.82, 2.24) is 0 Å². The monoisotopic (exact) mass is 282 g/mol. The van der Waals surface area contributed by atoms with Crippen LogP contribution in [0.1, 0.15) is 26.2 Å². The van der Waals surface area contributed by atoms with Crippen LogP contribution in [0.15, 0.2) is 29.2 Å². The molecule has 3 N–H and O–H groups in total. The molecule has 1 aliphatic carbocycles. The van der Waals surface area contributed by atoms with E-state index in [1.165, 1.54) is 0 Å². The van der Waals surface area contributed by atoms with Crippen LogP contribution in [0.2, 0.25) is 0 Å². The van der Waals surface area contributed by atoms with Crippen molar-refractivity contribution in [2.75, 3.05) is 17.6 Å². The number of rotatable bonds is 5. The summed E-state index contributed by atoms with van der Waals surface area (Å²) in [4.78, 5) is 0.403. The highest BCUT2D eigenvalue weighted by atomic mass is 32.2. The van der Waals surface area contributed by atoms with E-state index in [9.17, 15) is 8.42 Å². The van der Waals surface area contributed by atoms with Crippen LogP contribution < -0.4 is 11.1 Å². The molecule has 2 atom stereocenters. The summed E-state index contributed by atoms with van der Waals surface area (Å²) in [5.74, 6) is 0.674. The molecular weight excluding hydrogens is 260 g/mol. The van der Waals surface area contributed by atoms with Gasteiger partial charge in [0.2, 0.25) is 0 Å². The number of nitrogens with two attached hydrogens (primary N) is 1. The number of anilines is 1. The van der Waals surface area contributed by atoms with Crippen LogP contribution in [0, 0.1) is 5.92 Å². The molecule has 0 spiro atoms. The zero-order valence-electron chi connectivity index (χ0n) is 11.3. The minimum atomic E-state index is -3.17. The van der Waals surface area contributed by atoms with Crippen molar-refractivity contribution < 1.29 is 8.42 Å². The third-order valence-corrected chi connectivity index (χ3v) is 5.55. The maximum Gasteiger partial charge on any atom is 0.180 e. The fourth-order valence-corrected chi connectivity index (χ4v) is 3.66. The topological polar surface area (TPSA) is 72.2 Å². The molecule has 0 radical (unpaired) electrons. The average molecular weight is 282 g/mol. The Kier molecular flexibility index (Phi) is 4.47. The molecule has 1 fully saturated rings. The predicted octanol–water partition coefficient (Wildman–Crippen LogP) is 2.02. The smallest absolute Gasteiger partial charge is 0.180 e. The second kappa shape index (κ2) is 5.92. The van der Waals surface area contributed by atoms with Crippen LogP contribution in [-0.2, 0) is 9.84 Å². The molecule has 2 unspecified atom stereocenters. The van der Waals surface area contributed by atoms with Crippen LogP contribution in [0.5, 0.6) is 0 Å². The van der Waals surface area contributed by atoms with Gasteiger partial charge in [0.15, 0.2) is 9.84 Å². The first-order valence-electron chi connectivity index (χ1n) is 6.84. The summed E-state index contributed by atoms with van der Waals surface area (Å²) in [7, 11) is -3.17. The van der Waals surface area contributed by atoms with Crippen molar-refractivity contribution in [3.05, 3.63) is 24.3 Å². The van der Waals surface area contributed by atoms with E-state index < -0.39 is 9.84 Å². The Balaban J connectivity index is 2.08. The molecule has 0 aromatic heterocycles. The van der Waals surface area contributed by atoms with Gasteiger partial charge < -0.3 is 11.1 Å². The summed E-state index contributed by atoms with van der Waals surface area (Å²) in [6.45, 7) is 2.46. The van der Waals surface area contributed by atoms with Gasteiger partial charge >= 0.3 is 0 Å². The largest absolute Gasteiger partial charge is 0.384 e. The van der Waals surface area contributed by atoms with Gasteiger partial charge in [-0.3, -0.25) is 0 Å². The van der Waals surface area contributed by atoms with Crippen molar-refractivity contribution in [3.63, 3.8) is 0 Å².